The van der Waals surface area contributed by atoms with Crippen molar-refractivity contribution < 1.29 is 33.9 Å². The van der Waals surface area contributed by atoms with Gasteiger partial charge in [-0.15, -0.1) is 0 Å². The molecular weight excluding hydrogens is 408 g/mol. The number of imide groups is 1. The number of aldehydes is 1. The van der Waals surface area contributed by atoms with Gasteiger partial charge in [0.25, 0.3) is 0 Å². The minimum Gasteiger partial charge on any atom is -0.478 e. The third kappa shape index (κ3) is 10.0. The zero-order valence-electron chi connectivity index (χ0n) is 17.1. The molecule has 11 heteroatoms. The fraction of sp³-hybridized carbons (Fsp3) is 0.400. The standard InChI is InChI=1S/C20H26N4O7/c1-21-18(28)15(9-10-16(26)22-11-12-25)23-20(31)24-17(27)4-2-3-13-5-7-14(8-6-13)19(29)30/h5-8,12,15H,2-4,9-11H2,1H3,(H,21,28)(H,22,26)(H,29,30)(H2,23,24,27,31)/t15-/m0/s1. The topological polar surface area (TPSA) is 171 Å². The number of carboxylic acids is 1. The van der Waals surface area contributed by atoms with Crippen molar-refractivity contribution in [2.45, 2.75) is 38.1 Å². The molecule has 1 atom stereocenters. The van der Waals surface area contributed by atoms with Crippen LogP contribution in [-0.2, 0) is 25.6 Å². The molecule has 0 heterocycles. The lowest BCUT2D eigenvalue weighted by Crippen LogP contribution is -2.50. The van der Waals surface area contributed by atoms with Crippen LogP contribution in [0.3, 0.4) is 0 Å². The second-order valence-electron chi connectivity index (χ2n) is 6.55. The average molecular weight is 434 g/mol. The molecular formula is C20H26N4O7. The third-order valence-electron chi connectivity index (χ3n) is 4.23. The lowest BCUT2D eigenvalue weighted by molar-refractivity contribution is -0.125. The van der Waals surface area contributed by atoms with Crippen LogP contribution in [0.2, 0.25) is 0 Å². The Morgan fingerprint density at radius 1 is 1.03 bits per heavy atom. The average Bonchev–Trinajstić information content (AvgIpc) is 2.74. The molecule has 11 nitrogen and oxygen atoms in total. The second kappa shape index (κ2) is 13.5. The highest BCUT2D eigenvalue weighted by molar-refractivity contribution is 5.96. The molecule has 168 valence electrons. The predicted octanol–water partition coefficient (Wildman–Crippen LogP) is -0.257. The van der Waals surface area contributed by atoms with Crippen LogP contribution in [0.4, 0.5) is 4.79 Å². The molecule has 1 aromatic rings. The van der Waals surface area contributed by atoms with Gasteiger partial charge in [-0.25, -0.2) is 9.59 Å². The highest BCUT2D eigenvalue weighted by Gasteiger charge is 2.21. The molecule has 1 rings (SSSR count). The minimum absolute atomic E-state index is 0.0156. The molecule has 0 spiro atoms. The molecule has 0 aliphatic carbocycles. The van der Waals surface area contributed by atoms with E-state index in [-0.39, 0.29) is 31.4 Å². The summed E-state index contributed by atoms with van der Waals surface area (Å²) in [5, 5.41) is 18.0. The number of hydrogen-bond acceptors (Lipinski definition) is 6. The number of carboxylic acid groups (broad SMARTS) is 1. The van der Waals surface area contributed by atoms with Crippen molar-refractivity contribution in [3.05, 3.63) is 35.4 Å². The lowest BCUT2D eigenvalue weighted by Gasteiger charge is -2.17. The molecule has 0 bridgehead atoms. The number of hydrogen-bond donors (Lipinski definition) is 5. The summed E-state index contributed by atoms with van der Waals surface area (Å²) < 4.78 is 0. The first kappa shape index (κ1) is 25.3. The Kier molecular flexibility index (Phi) is 11.0. The van der Waals surface area contributed by atoms with Gasteiger partial charge in [0.1, 0.15) is 12.3 Å². The Morgan fingerprint density at radius 2 is 1.71 bits per heavy atom. The Labute approximate surface area is 179 Å². The maximum atomic E-state index is 12.0. The summed E-state index contributed by atoms with van der Waals surface area (Å²) in [4.78, 5) is 68.5. The van der Waals surface area contributed by atoms with Gasteiger partial charge in [-0.1, -0.05) is 12.1 Å². The van der Waals surface area contributed by atoms with Crippen molar-refractivity contribution in [3.63, 3.8) is 0 Å². The van der Waals surface area contributed by atoms with E-state index in [0.717, 1.165) is 5.56 Å². The molecule has 0 aromatic heterocycles. The van der Waals surface area contributed by atoms with Gasteiger partial charge in [-0.3, -0.25) is 19.7 Å². The van der Waals surface area contributed by atoms with Gasteiger partial charge in [0, 0.05) is 19.9 Å². The molecule has 5 amide bonds. The normalized spacial score (nSPS) is 11.0. The number of nitrogens with one attached hydrogen (secondary N) is 4. The molecule has 0 saturated carbocycles. The van der Waals surface area contributed by atoms with E-state index in [4.69, 9.17) is 5.11 Å². The summed E-state index contributed by atoms with van der Waals surface area (Å²) in [5.74, 6) is -2.54. The molecule has 31 heavy (non-hydrogen) atoms. The fourth-order valence-corrected chi connectivity index (χ4v) is 2.61. The molecule has 0 fully saturated rings. The molecule has 5 N–H and O–H groups in total. The summed E-state index contributed by atoms with van der Waals surface area (Å²) in [6.07, 6.45) is 1.41. The van der Waals surface area contributed by atoms with Crippen molar-refractivity contribution in [3.8, 4) is 0 Å². The van der Waals surface area contributed by atoms with Crippen LogP contribution in [0.1, 0.15) is 41.6 Å². The SMILES string of the molecule is CNC(=O)[C@H](CCC(=O)NCC=O)NC(=O)NC(=O)CCCc1ccc(C(=O)O)cc1. The smallest absolute Gasteiger partial charge is 0.335 e. The number of likely N-dealkylation sites (N-methyl/N-ethyl adjacent to an activating group) is 1. The quantitative estimate of drug-likeness (QED) is 0.282. The summed E-state index contributed by atoms with van der Waals surface area (Å²) in [6.45, 7) is -0.143. The van der Waals surface area contributed by atoms with Crippen molar-refractivity contribution in [1.29, 1.82) is 0 Å². The monoisotopic (exact) mass is 434 g/mol. The minimum atomic E-state index is -1.03. The van der Waals surface area contributed by atoms with Crippen molar-refractivity contribution in [2.75, 3.05) is 13.6 Å². The number of aromatic carboxylic acids is 1. The van der Waals surface area contributed by atoms with E-state index in [1.807, 2.05) is 0 Å². The summed E-state index contributed by atoms with van der Waals surface area (Å²) in [5.41, 5.74) is 1.03. The van der Waals surface area contributed by atoms with Crippen molar-refractivity contribution in [1.82, 2.24) is 21.3 Å². The van der Waals surface area contributed by atoms with Crippen LogP contribution in [0.5, 0.6) is 0 Å². The van der Waals surface area contributed by atoms with Crippen molar-refractivity contribution in [2.24, 2.45) is 0 Å². The zero-order chi connectivity index (χ0) is 23.2. The van der Waals surface area contributed by atoms with E-state index in [0.29, 0.717) is 19.1 Å². The highest BCUT2D eigenvalue weighted by atomic mass is 16.4. The Balaban J connectivity index is 2.43. The maximum Gasteiger partial charge on any atom is 0.335 e. The molecule has 0 aliphatic rings. The summed E-state index contributed by atoms with van der Waals surface area (Å²) in [7, 11) is 1.37. The lowest BCUT2D eigenvalue weighted by atomic mass is 10.1. The summed E-state index contributed by atoms with van der Waals surface area (Å²) >= 11 is 0. The summed E-state index contributed by atoms with van der Waals surface area (Å²) in [6, 6.07) is 4.37. The van der Waals surface area contributed by atoms with E-state index in [2.05, 4.69) is 21.3 Å². The van der Waals surface area contributed by atoms with Crippen LogP contribution < -0.4 is 21.3 Å². The van der Waals surface area contributed by atoms with Crippen LogP contribution in [0.15, 0.2) is 24.3 Å². The van der Waals surface area contributed by atoms with E-state index >= 15 is 0 Å². The molecule has 0 radical (unpaired) electrons. The number of aryl methyl sites for hydroxylation is 1. The predicted molar refractivity (Wildman–Crippen MR) is 109 cm³/mol. The van der Waals surface area contributed by atoms with Crippen LogP contribution in [0, 0.1) is 0 Å². The van der Waals surface area contributed by atoms with E-state index in [9.17, 15) is 28.8 Å². The van der Waals surface area contributed by atoms with E-state index in [1.54, 1.807) is 12.1 Å². The number of benzene rings is 1. The largest absolute Gasteiger partial charge is 0.478 e. The van der Waals surface area contributed by atoms with Gasteiger partial charge >= 0.3 is 12.0 Å². The van der Waals surface area contributed by atoms with Gasteiger partial charge in [0.05, 0.1) is 12.1 Å². The third-order valence-corrected chi connectivity index (χ3v) is 4.23. The number of rotatable bonds is 12. The Bertz CT molecular complexity index is 808. The molecule has 0 saturated heterocycles. The van der Waals surface area contributed by atoms with Gasteiger partial charge < -0.3 is 25.9 Å². The zero-order valence-corrected chi connectivity index (χ0v) is 17.1. The van der Waals surface area contributed by atoms with E-state index in [1.165, 1.54) is 19.2 Å². The first-order chi connectivity index (χ1) is 14.8. The number of carbonyl (C=O) groups excluding carboxylic acids is 5. The van der Waals surface area contributed by atoms with E-state index < -0.39 is 35.8 Å². The molecule has 0 unspecified atom stereocenters. The first-order valence-electron chi connectivity index (χ1n) is 9.61. The number of amides is 5. The first-order valence-corrected chi connectivity index (χ1v) is 9.61. The van der Waals surface area contributed by atoms with Gasteiger partial charge in [-0.2, -0.15) is 0 Å². The number of urea groups is 1. The van der Waals surface area contributed by atoms with Crippen LogP contribution in [0.25, 0.3) is 0 Å². The van der Waals surface area contributed by atoms with Gasteiger partial charge in [0.2, 0.25) is 17.7 Å². The highest BCUT2D eigenvalue weighted by Crippen LogP contribution is 2.08. The number of carbonyl (C=O) groups is 6. The fourth-order valence-electron chi connectivity index (χ4n) is 2.61. The maximum absolute atomic E-state index is 12.0. The van der Waals surface area contributed by atoms with Crippen molar-refractivity contribution >= 4 is 36.0 Å². The molecule has 1 aromatic carbocycles. The Hall–Kier alpha value is -3.76. The molecule has 0 aliphatic heterocycles. The van der Waals surface area contributed by atoms with Gasteiger partial charge in [-0.05, 0) is 37.0 Å². The van der Waals surface area contributed by atoms with Crippen LogP contribution in [-0.4, -0.2) is 60.7 Å². The van der Waals surface area contributed by atoms with Crippen LogP contribution >= 0.6 is 0 Å². The van der Waals surface area contributed by atoms with Gasteiger partial charge in [0.15, 0.2) is 0 Å². The second-order valence-corrected chi connectivity index (χ2v) is 6.55. The Morgan fingerprint density at radius 3 is 2.29 bits per heavy atom.